The minimum Gasteiger partial charge on any atom is -0.312 e. The standard InChI is InChI=1S/C14H18F3N3S/c1-3-5-18-8-12-7-11(10(2)21-12)9-20-6-4-13(19-20)14(15,16)17/h4,6-7,18H,3,5,8-9H2,1-2H3. The van der Waals surface area contributed by atoms with Crippen LogP contribution in [0.25, 0.3) is 0 Å². The monoisotopic (exact) mass is 317 g/mol. The highest BCUT2D eigenvalue weighted by atomic mass is 32.1. The Balaban J connectivity index is 2.04. The zero-order valence-corrected chi connectivity index (χ0v) is 12.8. The molecule has 0 saturated heterocycles. The van der Waals surface area contributed by atoms with Crippen LogP contribution in [0, 0.1) is 6.92 Å². The summed E-state index contributed by atoms with van der Waals surface area (Å²) in [5, 5.41) is 6.90. The molecule has 2 aromatic heterocycles. The van der Waals surface area contributed by atoms with Gasteiger partial charge in [0.1, 0.15) is 0 Å². The smallest absolute Gasteiger partial charge is 0.312 e. The van der Waals surface area contributed by atoms with E-state index in [1.807, 2.05) is 13.0 Å². The van der Waals surface area contributed by atoms with Crippen molar-refractivity contribution in [1.29, 1.82) is 0 Å². The lowest BCUT2D eigenvalue weighted by atomic mass is 10.2. The summed E-state index contributed by atoms with van der Waals surface area (Å²) >= 11 is 1.67. The summed E-state index contributed by atoms with van der Waals surface area (Å²) in [6.45, 7) is 6.21. The van der Waals surface area contributed by atoms with E-state index in [9.17, 15) is 13.2 Å². The predicted octanol–water partition coefficient (Wildman–Crippen LogP) is 3.82. The molecule has 0 atom stereocenters. The molecule has 0 fully saturated rings. The molecule has 0 unspecified atom stereocenters. The number of hydrogen-bond acceptors (Lipinski definition) is 3. The van der Waals surface area contributed by atoms with Crippen LogP contribution in [-0.4, -0.2) is 16.3 Å². The normalized spacial score (nSPS) is 12.0. The molecule has 0 spiro atoms. The van der Waals surface area contributed by atoms with E-state index >= 15 is 0 Å². The van der Waals surface area contributed by atoms with Crippen molar-refractivity contribution in [2.75, 3.05) is 6.54 Å². The van der Waals surface area contributed by atoms with Crippen LogP contribution in [0.1, 0.15) is 34.4 Å². The van der Waals surface area contributed by atoms with Crippen LogP contribution in [0.4, 0.5) is 13.2 Å². The Labute approximate surface area is 125 Å². The van der Waals surface area contributed by atoms with Gasteiger partial charge in [0.25, 0.3) is 0 Å². The van der Waals surface area contributed by atoms with Gasteiger partial charge in [0.2, 0.25) is 0 Å². The molecule has 1 N–H and O–H groups in total. The van der Waals surface area contributed by atoms with E-state index in [0.717, 1.165) is 36.0 Å². The third-order valence-electron chi connectivity index (χ3n) is 3.06. The molecular weight excluding hydrogens is 299 g/mol. The van der Waals surface area contributed by atoms with Gasteiger partial charge in [-0.3, -0.25) is 4.68 Å². The Morgan fingerprint density at radius 1 is 1.38 bits per heavy atom. The first-order valence-electron chi connectivity index (χ1n) is 6.79. The average Bonchev–Trinajstić information content (AvgIpc) is 2.98. The molecule has 21 heavy (non-hydrogen) atoms. The van der Waals surface area contributed by atoms with Gasteiger partial charge in [-0.15, -0.1) is 11.3 Å². The fourth-order valence-corrected chi connectivity index (χ4v) is 3.02. The molecule has 3 nitrogen and oxygen atoms in total. The van der Waals surface area contributed by atoms with Crippen LogP contribution >= 0.6 is 11.3 Å². The second kappa shape index (κ2) is 6.62. The van der Waals surface area contributed by atoms with Crippen LogP contribution < -0.4 is 5.32 Å². The highest BCUT2D eigenvalue weighted by Crippen LogP contribution is 2.28. The maximum Gasteiger partial charge on any atom is 0.435 e. The predicted molar refractivity (Wildman–Crippen MR) is 77.4 cm³/mol. The van der Waals surface area contributed by atoms with Crippen molar-refractivity contribution in [3.05, 3.63) is 39.3 Å². The molecule has 0 aliphatic rings. The fraction of sp³-hybridized carbons (Fsp3) is 0.500. The van der Waals surface area contributed by atoms with E-state index in [4.69, 9.17) is 0 Å². The molecule has 0 aromatic carbocycles. The molecule has 2 rings (SSSR count). The van der Waals surface area contributed by atoms with Gasteiger partial charge in [0, 0.05) is 22.5 Å². The lowest BCUT2D eigenvalue weighted by Crippen LogP contribution is -2.12. The summed E-state index contributed by atoms with van der Waals surface area (Å²) in [4.78, 5) is 2.31. The van der Waals surface area contributed by atoms with E-state index in [2.05, 4.69) is 17.3 Å². The van der Waals surface area contributed by atoms with E-state index in [1.54, 1.807) is 11.3 Å². The van der Waals surface area contributed by atoms with Gasteiger partial charge >= 0.3 is 6.18 Å². The minimum atomic E-state index is -4.38. The lowest BCUT2D eigenvalue weighted by Gasteiger charge is -2.02. The molecule has 0 aliphatic heterocycles. The molecule has 7 heteroatoms. The van der Waals surface area contributed by atoms with Gasteiger partial charge in [0.15, 0.2) is 5.69 Å². The topological polar surface area (TPSA) is 29.9 Å². The molecule has 116 valence electrons. The van der Waals surface area contributed by atoms with Crippen molar-refractivity contribution in [2.45, 2.75) is 39.5 Å². The zero-order valence-electron chi connectivity index (χ0n) is 12.0. The number of halogens is 3. The number of rotatable bonds is 6. The molecule has 0 radical (unpaired) electrons. The van der Waals surface area contributed by atoms with E-state index in [0.29, 0.717) is 6.54 Å². The molecule has 0 amide bonds. The Bertz CT molecular complexity index is 587. The highest BCUT2D eigenvalue weighted by molar-refractivity contribution is 7.12. The summed E-state index contributed by atoms with van der Waals surface area (Å²) in [5.74, 6) is 0. The Morgan fingerprint density at radius 2 is 2.14 bits per heavy atom. The van der Waals surface area contributed by atoms with Gasteiger partial charge in [-0.1, -0.05) is 6.92 Å². The van der Waals surface area contributed by atoms with Crippen molar-refractivity contribution in [2.24, 2.45) is 0 Å². The quantitative estimate of drug-likeness (QED) is 0.821. The van der Waals surface area contributed by atoms with E-state index < -0.39 is 11.9 Å². The number of alkyl halides is 3. The van der Waals surface area contributed by atoms with Crippen molar-refractivity contribution in [3.8, 4) is 0 Å². The third kappa shape index (κ3) is 4.31. The van der Waals surface area contributed by atoms with Crippen LogP contribution in [0.3, 0.4) is 0 Å². The number of nitrogens with zero attached hydrogens (tertiary/aromatic N) is 2. The van der Waals surface area contributed by atoms with Crippen LogP contribution in [0.5, 0.6) is 0 Å². The first kappa shape index (κ1) is 16.0. The van der Waals surface area contributed by atoms with Gasteiger partial charge in [-0.2, -0.15) is 18.3 Å². The number of thiophene rings is 1. The number of nitrogens with one attached hydrogen (secondary N) is 1. The van der Waals surface area contributed by atoms with Crippen molar-refractivity contribution in [3.63, 3.8) is 0 Å². The second-order valence-electron chi connectivity index (χ2n) is 4.87. The Kier molecular flexibility index (Phi) is 5.05. The molecular formula is C14H18F3N3S. The number of aromatic nitrogens is 2. The largest absolute Gasteiger partial charge is 0.435 e. The highest BCUT2D eigenvalue weighted by Gasteiger charge is 2.33. The SMILES string of the molecule is CCCNCc1cc(Cn2ccc(C(F)(F)F)n2)c(C)s1. The summed E-state index contributed by atoms with van der Waals surface area (Å²) in [7, 11) is 0. The summed E-state index contributed by atoms with van der Waals surface area (Å²) in [6.07, 6.45) is -1.94. The van der Waals surface area contributed by atoms with Crippen molar-refractivity contribution in [1.82, 2.24) is 15.1 Å². The maximum atomic E-state index is 12.5. The van der Waals surface area contributed by atoms with Gasteiger partial charge in [-0.05, 0) is 37.6 Å². The van der Waals surface area contributed by atoms with Crippen molar-refractivity contribution < 1.29 is 13.2 Å². The second-order valence-corrected chi connectivity index (χ2v) is 6.21. The van der Waals surface area contributed by atoms with Gasteiger partial charge in [-0.25, -0.2) is 0 Å². The molecule has 2 aromatic rings. The fourth-order valence-electron chi connectivity index (χ4n) is 2.00. The molecule has 0 bridgehead atoms. The zero-order chi connectivity index (χ0) is 15.5. The third-order valence-corrected chi connectivity index (χ3v) is 4.15. The van der Waals surface area contributed by atoms with Gasteiger partial charge < -0.3 is 5.32 Å². The minimum absolute atomic E-state index is 0.367. The first-order chi connectivity index (χ1) is 9.90. The lowest BCUT2D eigenvalue weighted by molar-refractivity contribution is -0.141. The van der Waals surface area contributed by atoms with Crippen LogP contribution in [0.15, 0.2) is 18.3 Å². The summed E-state index contributed by atoms with van der Waals surface area (Å²) in [5.41, 5.74) is 0.172. The number of aryl methyl sites for hydroxylation is 1. The van der Waals surface area contributed by atoms with E-state index in [-0.39, 0.29) is 0 Å². The average molecular weight is 317 g/mol. The Morgan fingerprint density at radius 3 is 2.76 bits per heavy atom. The van der Waals surface area contributed by atoms with E-state index in [1.165, 1.54) is 15.8 Å². The number of hydrogen-bond donors (Lipinski definition) is 1. The van der Waals surface area contributed by atoms with Crippen LogP contribution in [-0.2, 0) is 19.3 Å². The Hall–Kier alpha value is -1.34. The van der Waals surface area contributed by atoms with Crippen LogP contribution in [0.2, 0.25) is 0 Å². The molecule has 2 heterocycles. The maximum absolute atomic E-state index is 12.5. The molecule has 0 saturated carbocycles. The van der Waals surface area contributed by atoms with Crippen molar-refractivity contribution >= 4 is 11.3 Å². The summed E-state index contributed by atoms with van der Waals surface area (Å²) < 4.78 is 38.9. The van der Waals surface area contributed by atoms with Gasteiger partial charge in [0.05, 0.1) is 6.54 Å². The summed E-state index contributed by atoms with van der Waals surface area (Å²) in [6, 6.07) is 3.04. The molecule has 0 aliphatic carbocycles. The first-order valence-corrected chi connectivity index (χ1v) is 7.61.